The Morgan fingerprint density at radius 1 is 1.24 bits per heavy atom. The number of amides is 1. The third-order valence-electron chi connectivity index (χ3n) is 3.69. The summed E-state index contributed by atoms with van der Waals surface area (Å²) < 4.78 is 49.5. The molecule has 1 heterocycles. The van der Waals surface area contributed by atoms with Gasteiger partial charge >= 0.3 is 11.3 Å². The Morgan fingerprint density at radius 2 is 1.90 bits per heavy atom. The van der Waals surface area contributed by atoms with Crippen molar-refractivity contribution in [1.29, 1.82) is 0 Å². The second-order valence-electron chi connectivity index (χ2n) is 8.09. The highest BCUT2D eigenvalue weighted by Crippen LogP contribution is 2.24. The summed E-state index contributed by atoms with van der Waals surface area (Å²) in [4.78, 5) is 12.1. The van der Waals surface area contributed by atoms with E-state index in [0.717, 1.165) is 0 Å². The van der Waals surface area contributed by atoms with Gasteiger partial charge in [0.05, 0.1) is 5.75 Å². The zero-order valence-corrected chi connectivity index (χ0v) is 17.9. The van der Waals surface area contributed by atoms with Crippen LogP contribution in [0.5, 0.6) is 0 Å². The number of sulfone groups is 1. The predicted octanol–water partition coefficient (Wildman–Crippen LogP) is 3.79. The Hall–Kier alpha value is -2.49. The molecule has 10 heteroatoms. The second-order valence-corrected chi connectivity index (χ2v) is 9.95. The summed E-state index contributed by atoms with van der Waals surface area (Å²) in [5, 5.41) is 9.40. The fraction of sp³-hybridized carbons (Fsp3) is 0.526. The van der Waals surface area contributed by atoms with Gasteiger partial charge < -0.3 is 14.5 Å². The number of aromatic nitrogens is 2. The summed E-state index contributed by atoms with van der Waals surface area (Å²) in [7, 11) is -4.06. The Balaban J connectivity index is 2.23. The first-order chi connectivity index (χ1) is 13.4. The smallest absolute Gasteiger partial charge is 0.408 e. The Bertz CT molecular complexity index is 951. The van der Waals surface area contributed by atoms with Crippen LogP contribution in [0.2, 0.25) is 0 Å². The fourth-order valence-electron chi connectivity index (χ4n) is 2.51. The third-order valence-corrected chi connectivity index (χ3v) is 5.08. The molecule has 0 aliphatic heterocycles. The Kier molecular flexibility index (Phi) is 6.99. The fourth-order valence-corrected chi connectivity index (χ4v) is 3.66. The van der Waals surface area contributed by atoms with Gasteiger partial charge in [0.2, 0.25) is 15.7 Å². The van der Waals surface area contributed by atoms with Crippen LogP contribution in [0.4, 0.5) is 9.18 Å². The number of carbonyl (C=O) groups is 1. The molecule has 0 saturated heterocycles. The van der Waals surface area contributed by atoms with Gasteiger partial charge in [0.25, 0.3) is 0 Å². The number of benzene rings is 1. The molecule has 1 amide bonds. The molecule has 1 unspecified atom stereocenters. The lowest BCUT2D eigenvalue weighted by Crippen LogP contribution is -2.35. The molecular formula is C19H26FN3O5S. The van der Waals surface area contributed by atoms with Crippen LogP contribution in [0.3, 0.4) is 0 Å². The van der Waals surface area contributed by atoms with Crippen molar-refractivity contribution < 1.29 is 26.8 Å². The largest absolute Gasteiger partial charge is 0.444 e. The minimum atomic E-state index is -4.06. The van der Waals surface area contributed by atoms with Gasteiger partial charge in [-0.2, -0.15) is 0 Å². The standard InChI is InChI=1S/C19H26FN3O5S/c1-12(2)10-15(21-17(24)28-19(3,4)5)16-22-23-18(27-16)29(25,26)11-13-8-6-7-9-14(13)20/h6-9,12,15H,10-11H2,1-5H3,(H,21,24). The second kappa shape index (κ2) is 8.89. The van der Waals surface area contributed by atoms with E-state index in [9.17, 15) is 17.6 Å². The topological polar surface area (TPSA) is 111 Å². The van der Waals surface area contributed by atoms with Crippen LogP contribution in [0.15, 0.2) is 33.9 Å². The molecule has 1 aromatic heterocycles. The maximum absolute atomic E-state index is 13.8. The number of carbonyl (C=O) groups excluding carboxylic acids is 1. The minimum Gasteiger partial charge on any atom is -0.444 e. The molecule has 160 valence electrons. The summed E-state index contributed by atoms with van der Waals surface area (Å²) in [5.74, 6) is -1.17. The average molecular weight is 427 g/mol. The molecule has 8 nitrogen and oxygen atoms in total. The summed E-state index contributed by atoms with van der Waals surface area (Å²) in [6, 6.07) is 4.82. The van der Waals surface area contributed by atoms with Crippen molar-refractivity contribution in [2.24, 2.45) is 5.92 Å². The minimum absolute atomic E-state index is 0.00198. The van der Waals surface area contributed by atoms with Crippen molar-refractivity contribution in [3.05, 3.63) is 41.5 Å². The molecule has 1 aromatic carbocycles. The van der Waals surface area contributed by atoms with E-state index in [1.807, 2.05) is 13.8 Å². The highest BCUT2D eigenvalue weighted by Gasteiger charge is 2.29. The van der Waals surface area contributed by atoms with Gasteiger partial charge in [-0.1, -0.05) is 37.1 Å². The molecule has 2 rings (SSSR count). The van der Waals surface area contributed by atoms with Gasteiger partial charge in [0.15, 0.2) is 0 Å². The van der Waals surface area contributed by atoms with E-state index in [-0.39, 0.29) is 17.4 Å². The highest BCUT2D eigenvalue weighted by molar-refractivity contribution is 7.90. The first kappa shape index (κ1) is 22.8. The summed E-state index contributed by atoms with van der Waals surface area (Å²) in [6.07, 6.45) is -0.258. The van der Waals surface area contributed by atoms with Crippen LogP contribution in [0.25, 0.3) is 0 Å². The molecule has 1 N–H and O–H groups in total. The zero-order valence-electron chi connectivity index (χ0n) is 17.1. The molecule has 0 saturated carbocycles. The Morgan fingerprint density at radius 3 is 2.48 bits per heavy atom. The number of hydrogen-bond acceptors (Lipinski definition) is 7. The lowest BCUT2D eigenvalue weighted by Gasteiger charge is -2.22. The van der Waals surface area contributed by atoms with Crippen molar-refractivity contribution >= 4 is 15.9 Å². The van der Waals surface area contributed by atoms with Gasteiger partial charge in [-0.25, -0.2) is 17.6 Å². The van der Waals surface area contributed by atoms with Gasteiger partial charge in [0, 0.05) is 5.56 Å². The molecule has 0 spiro atoms. The van der Waals surface area contributed by atoms with Gasteiger partial charge in [-0.3, -0.25) is 0 Å². The SMILES string of the molecule is CC(C)CC(NC(=O)OC(C)(C)C)c1nnc(S(=O)(=O)Cc2ccccc2F)o1. The maximum atomic E-state index is 13.8. The lowest BCUT2D eigenvalue weighted by molar-refractivity contribution is 0.0487. The van der Waals surface area contributed by atoms with Crippen molar-refractivity contribution in [2.75, 3.05) is 0 Å². The van der Waals surface area contributed by atoms with E-state index in [1.165, 1.54) is 24.3 Å². The molecule has 2 aromatic rings. The first-order valence-corrected chi connectivity index (χ1v) is 10.8. The number of nitrogens with one attached hydrogen (secondary N) is 1. The average Bonchev–Trinajstić information content (AvgIpc) is 3.05. The molecule has 0 aliphatic rings. The van der Waals surface area contributed by atoms with Crippen molar-refractivity contribution in [3.8, 4) is 0 Å². The number of halogens is 1. The van der Waals surface area contributed by atoms with E-state index in [2.05, 4.69) is 15.5 Å². The quantitative estimate of drug-likeness (QED) is 0.715. The van der Waals surface area contributed by atoms with Crippen LogP contribution >= 0.6 is 0 Å². The highest BCUT2D eigenvalue weighted by atomic mass is 32.2. The van der Waals surface area contributed by atoms with Crippen LogP contribution in [-0.2, 0) is 20.3 Å². The number of ether oxygens (including phenoxy) is 1. The van der Waals surface area contributed by atoms with Crippen LogP contribution in [0.1, 0.15) is 58.5 Å². The van der Waals surface area contributed by atoms with Gasteiger partial charge in [-0.05, 0) is 39.2 Å². The number of nitrogens with zero attached hydrogens (tertiary/aromatic N) is 2. The summed E-state index contributed by atoms with van der Waals surface area (Å²) in [5.41, 5.74) is -0.701. The molecule has 0 radical (unpaired) electrons. The third kappa shape index (κ3) is 6.81. The van der Waals surface area contributed by atoms with Crippen molar-refractivity contribution in [2.45, 2.75) is 63.7 Å². The van der Waals surface area contributed by atoms with Gasteiger partial charge in [0.1, 0.15) is 17.5 Å². The van der Waals surface area contributed by atoms with E-state index in [0.29, 0.717) is 6.42 Å². The summed E-state index contributed by atoms with van der Waals surface area (Å²) in [6.45, 7) is 9.03. The monoisotopic (exact) mass is 427 g/mol. The molecule has 0 fully saturated rings. The molecule has 0 bridgehead atoms. The van der Waals surface area contributed by atoms with Gasteiger partial charge in [-0.15, -0.1) is 5.10 Å². The number of hydrogen-bond donors (Lipinski definition) is 1. The van der Waals surface area contributed by atoms with E-state index in [4.69, 9.17) is 9.15 Å². The summed E-state index contributed by atoms with van der Waals surface area (Å²) >= 11 is 0. The van der Waals surface area contributed by atoms with Crippen molar-refractivity contribution in [3.63, 3.8) is 0 Å². The number of alkyl carbamates (subject to hydrolysis) is 1. The van der Waals surface area contributed by atoms with E-state index in [1.54, 1.807) is 20.8 Å². The zero-order chi connectivity index (χ0) is 21.8. The van der Waals surface area contributed by atoms with Crippen LogP contribution < -0.4 is 5.32 Å². The molecule has 1 atom stereocenters. The van der Waals surface area contributed by atoms with Crippen LogP contribution in [-0.4, -0.2) is 30.3 Å². The maximum Gasteiger partial charge on any atom is 0.408 e. The molecule has 29 heavy (non-hydrogen) atoms. The lowest BCUT2D eigenvalue weighted by atomic mass is 10.0. The molecule has 0 aliphatic carbocycles. The van der Waals surface area contributed by atoms with Crippen molar-refractivity contribution in [1.82, 2.24) is 15.5 Å². The van der Waals surface area contributed by atoms with Crippen LogP contribution in [0, 0.1) is 11.7 Å². The predicted molar refractivity (Wildman–Crippen MR) is 103 cm³/mol. The molecular weight excluding hydrogens is 401 g/mol. The van der Waals surface area contributed by atoms with E-state index >= 15 is 0 Å². The Labute approximate surface area is 169 Å². The van der Waals surface area contributed by atoms with E-state index < -0.39 is 44.4 Å². The normalized spacial score (nSPS) is 13.3. The first-order valence-electron chi connectivity index (χ1n) is 9.16. The number of rotatable bonds is 7.